The van der Waals surface area contributed by atoms with Crippen LogP contribution >= 0.6 is 12.4 Å². The van der Waals surface area contributed by atoms with Gasteiger partial charge < -0.3 is 10.1 Å². The fourth-order valence-corrected chi connectivity index (χ4v) is 2.29. The Balaban J connectivity index is 0.00000220. The molecule has 1 N–H and O–H groups in total. The van der Waals surface area contributed by atoms with Crippen molar-refractivity contribution in [3.8, 4) is 0 Å². The number of ether oxygens (including phenoxy) is 1. The number of Topliss-reactive ketones (excluding diaryl/α,β-unsaturated/α-hetero) is 1. The maximum Gasteiger partial charge on any atom is 0.221 e. The van der Waals surface area contributed by atoms with Gasteiger partial charge in [0.15, 0.2) is 5.78 Å². The summed E-state index contributed by atoms with van der Waals surface area (Å²) in [5.74, 6) is -0.0213. The Labute approximate surface area is 131 Å². The van der Waals surface area contributed by atoms with E-state index in [9.17, 15) is 9.59 Å². The molecule has 1 heterocycles. The third kappa shape index (κ3) is 4.81. The van der Waals surface area contributed by atoms with E-state index < -0.39 is 0 Å². The van der Waals surface area contributed by atoms with Crippen molar-refractivity contribution in [1.29, 1.82) is 0 Å². The van der Waals surface area contributed by atoms with Crippen molar-refractivity contribution in [2.24, 2.45) is 0 Å². The van der Waals surface area contributed by atoms with Crippen LogP contribution in [-0.4, -0.2) is 48.9 Å². The Morgan fingerprint density at radius 2 is 1.76 bits per heavy atom. The second-order valence-corrected chi connectivity index (χ2v) is 4.95. The number of morpholine rings is 1. The average molecular weight is 313 g/mol. The fourth-order valence-electron chi connectivity index (χ4n) is 2.29. The lowest BCUT2D eigenvalue weighted by molar-refractivity contribution is -0.114. The molecule has 1 amide bonds. The smallest absolute Gasteiger partial charge is 0.221 e. The standard InChI is InChI=1S/C15H20N2O3.ClH/c1-11(17-7-9-20-10-8-17)15(19)13-3-5-14(6-4-13)16-12(2)18;/h3-6,11H,7-10H2,1-2H3,(H,16,18);1H. The molecular weight excluding hydrogens is 292 g/mol. The van der Waals surface area contributed by atoms with Crippen molar-refractivity contribution in [2.45, 2.75) is 19.9 Å². The number of carbonyl (C=O) groups excluding carboxylic acids is 2. The van der Waals surface area contributed by atoms with Crippen LogP contribution in [0.25, 0.3) is 0 Å². The van der Waals surface area contributed by atoms with Crippen LogP contribution in [-0.2, 0) is 9.53 Å². The number of hydrogen-bond acceptors (Lipinski definition) is 4. The molecule has 6 heteroatoms. The minimum absolute atomic E-state index is 0. The molecule has 0 aliphatic carbocycles. The van der Waals surface area contributed by atoms with Crippen LogP contribution in [0, 0.1) is 0 Å². The van der Waals surface area contributed by atoms with Crippen molar-refractivity contribution in [3.05, 3.63) is 29.8 Å². The number of carbonyl (C=O) groups is 2. The first-order valence-corrected chi connectivity index (χ1v) is 6.81. The van der Waals surface area contributed by atoms with E-state index in [4.69, 9.17) is 4.74 Å². The van der Waals surface area contributed by atoms with Gasteiger partial charge in [-0.25, -0.2) is 0 Å². The van der Waals surface area contributed by atoms with E-state index in [-0.39, 0.29) is 30.1 Å². The molecular formula is C15H21ClN2O3. The molecule has 0 bridgehead atoms. The Morgan fingerprint density at radius 3 is 2.29 bits per heavy atom. The third-order valence-corrected chi connectivity index (χ3v) is 3.46. The molecule has 5 nitrogen and oxygen atoms in total. The minimum Gasteiger partial charge on any atom is -0.379 e. The van der Waals surface area contributed by atoms with Crippen molar-refractivity contribution in [3.63, 3.8) is 0 Å². The number of hydrogen-bond donors (Lipinski definition) is 1. The number of ketones is 1. The van der Waals surface area contributed by atoms with E-state index in [1.165, 1.54) is 6.92 Å². The van der Waals surface area contributed by atoms with Gasteiger partial charge in [-0.2, -0.15) is 0 Å². The highest BCUT2D eigenvalue weighted by Gasteiger charge is 2.23. The van der Waals surface area contributed by atoms with Crippen LogP contribution in [0.5, 0.6) is 0 Å². The first kappa shape index (κ1) is 17.6. The van der Waals surface area contributed by atoms with Crippen LogP contribution in [0.2, 0.25) is 0 Å². The first-order chi connectivity index (χ1) is 9.58. The highest BCUT2D eigenvalue weighted by atomic mass is 35.5. The van der Waals surface area contributed by atoms with E-state index in [0.29, 0.717) is 24.5 Å². The molecule has 2 rings (SSSR count). The molecule has 0 spiro atoms. The maximum absolute atomic E-state index is 12.4. The summed E-state index contributed by atoms with van der Waals surface area (Å²) < 4.78 is 5.29. The van der Waals surface area contributed by atoms with Gasteiger partial charge in [0.2, 0.25) is 5.91 Å². The molecule has 0 aromatic heterocycles. The number of rotatable bonds is 4. The third-order valence-electron chi connectivity index (χ3n) is 3.46. The fraction of sp³-hybridized carbons (Fsp3) is 0.467. The molecule has 1 fully saturated rings. The van der Waals surface area contributed by atoms with E-state index in [0.717, 1.165) is 13.1 Å². The topological polar surface area (TPSA) is 58.6 Å². The van der Waals surface area contributed by atoms with E-state index >= 15 is 0 Å². The van der Waals surface area contributed by atoms with E-state index in [2.05, 4.69) is 10.2 Å². The minimum atomic E-state index is -0.148. The number of nitrogens with zero attached hydrogens (tertiary/aromatic N) is 1. The molecule has 1 aliphatic rings. The van der Waals surface area contributed by atoms with Crippen molar-refractivity contribution in [1.82, 2.24) is 4.90 Å². The lowest BCUT2D eigenvalue weighted by Gasteiger charge is -2.31. The van der Waals surface area contributed by atoms with Gasteiger partial charge in [0.25, 0.3) is 0 Å². The molecule has 1 aromatic rings. The maximum atomic E-state index is 12.4. The van der Waals surface area contributed by atoms with Crippen molar-refractivity contribution in [2.75, 3.05) is 31.6 Å². The Hall–Kier alpha value is -1.43. The van der Waals surface area contributed by atoms with Crippen LogP contribution in [0.1, 0.15) is 24.2 Å². The number of amides is 1. The normalized spacial score (nSPS) is 16.7. The summed E-state index contributed by atoms with van der Waals surface area (Å²) in [6.45, 7) is 6.32. The number of halogens is 1. The zero-order valence-electron chi connectivity index (χ0n) is 12.3. The number of benzene rings is 1. The Bertz CT molecular complexity index is 484. The molecule has 1 atom stereocenters. The molecule has 21 heavy (non-hydrogen) atoms. The number of nitrogens with one attached hydrogen (secondary N) is 1. The van der Waals surface area contributed by atoms with Gasteiger partial charge in [-0.05, 0) is 31.2 Å². The Kier molecular flexibility index (Phi) is 6.81. The lowest BCUT2D eigenvalue weighted by atomic mass is 10.0. The predicted octanol–water partition coefficient (Wildman–Crippen LogP) is 1.97. The van der Waals surface area contributed by atoms with Crippen LogP contribution in [0.3, 0.4) is 0 Å². The SMILES string of the molecule is CC(=O)Nc1ccc(C(=O)C(C)N2CCOCC2)cc1.Cl. The molecule has 1 aromatic carbocycles. The van der Waals surface area contributed by atoms with Crippen molar-refractivity contribution < 1.29 is 14.3 Å². The van der Waals surface area contributed by atoms with Gasteiger partial charge in [0.1, 0.15) is 0 Å². The van der Waals surface area contributed by atoms with Gasteiger partial charge in [0, 0.05) is 31.3 Å². The van der Waals surface area contributed by atoms with E-state index in [1.54, 1.807) is 24.3 Å². The molecule has 116 valence electrons. The molecule has 1 unspecified atom stereocenters. The molecule has 0 radical (unpaired) electrons. The second-order valence-electron chi connectivity index (χ2n) is 4.95. The van der Waals surface area contributed by atoms with Crippen molar-refractivity contribution >= 4 is 29.8 Å². The summed E-state index contributed by atoms with van der Waals surface area (Å²) in [6.07, 6.45) is 0. The highest BCUT2D eigenvalue weighted by Crippen LogP contribution is 2.14. The summed E-state index contributed by atoms with van der Waals surface area (Å²) in [7, 11) is 0. The number of anilines is 1. The van der Waals surface area contributed by atoms with Gasteiger partial charge in [-0.3, -0.25) is 14.5 Å². The highest BCUT2D eigenvalue weighted by molar-refractivity contribution is 6.00. The lowest BCUT2D eigenvalue weighted by Crippen LogP contribution is -2.45. The molecule has 0 saturated carbocycles. The van der Waals surface area contributed by atoms with Gasteiger partial charge >= 0.3 is 0 Å². The quantitative estimate of drug-likeness (QED) is 0.864. The van der Waals surface area contributed by atoms with Gasteiger partial charge in [0.05, 0.1) is 19.3 Å². The van der Waals surface area contributed by atoms with Gasteiger partial charge in [-0.1, -0.05) is 0 Å². The monoisotopic (exact) mass is 312 g/mol. The Morgan fingerprint density at radius 1 is 1.19 bits per heavy atom. The summed E-state index contributed by atoms with van der Waals surface area (Å²) in [4.78, 5) is 25.5. The summed E-state index contributed by atoms with van der Waals surface area (Å²) >= 11 is 0. The summed E-state index contributed by atoms with van der Waals surface area (Å²) in [5.41, 5.74) is 1.37. The largest absolute Gasteiger partial charge is 0.379 e. The first-order valence-electron chi connectivity index (χ1n) is 6.81. The second kappa shape index (κ2) is 8.12. The molecule has 1 saturated heterocycles. The van der Waals surface area contributed by atoms with Crippen LogP contribution in [0.15, 0.2) is 24.3 Å². The predicted molar refractivity (Wildman–Crippen MR) is 84.2 cm³/mol. The zero-order valence-corrected chi connectivity index (χ0v) is 13.1. The summed E-state index contributed by atoms with van der Waals surface area (Å²) in [6, 6.07) is 6.86. The zero-order chi connectivity index (χ0) is 14.5. The summed E-state index contributed by atoms with van der Waals surface area (Å²) in [5, 5.41) is 2.69. The van der Waals surface area contributed by atoms with E-state index in [1.807, 2.05) is 6.92 Å². The molecule has 1 aliphatic heterocycles. The average Bonchev–Trinajstić information content (AvgIpc) is 2.47. The van der Waals surface area contributed by atoms with Crippen LogP contribution < -0.4 is 5.32 Å². The van der Waals surface area contributed by atoms with Crippen LogP contribution in [0.4, 0.5) is 5.69 Å². The van der Waals surface area contributed by atoms with Gasteiger partial charge in [-0.15, -0.1) is 12.4 Å².